The van der Waals surface area contributed by atoms with Crippen LogP contribution in [0.1, 0.15) is 34.6 Å². The lowest BCUT2D eigenvalue weighted by Gasteiger charge is -2.36. The second-order valence-corrected chi connectivity index (χ2v) is 8.88. The van der Waals surface area contributed by atoms with Crippen molar-refractivity contribution in [3.8, 4) is 0 Å². The first-order valence-electron chi connectivity index (χ1n) is 10.3. The molecule has 8 heteroatoms. The molecule has 0 saturated carbocycles. The molecule has 6 nitrogen and oxygen atoms in total. The molecule has 0 bridgehead atoms. The summed E-state index contributed by atoms with van der Waals surface area (Å²) in [7, 11) is 1.54. The largest absolute Gasteiger partial charge is 0.380 e. The van der Waals surface area contributed by atoms with E-state index in [2.05, 4.69) is 29.0 Å². The van der Waals surface area contributed by atoms with Gasteiger partial charge in [-0.15, -0.1) is 11.3 Å². The molecule has 1 aliphatic heterocycles. The maximum atomic E-state index is 14.3. The predicted octanol–water partition coefficient (Wildman–Crippen LogP) is 4.13. The highest BCUT2D eigenvalue weighted by molar-refractivity contribution is 7.21. The normalized spacial score (nSPS) is 19.0. The summed E-state index contributed by atoms with van der Waals surface area (Å²) in [4.78, 5) is 20.1. The highest BCUT2D eigenvalue weighted by Gasteiger charge is 2.23. The third kappa shape index (κ3) is 4.71. The molecule has 2 aromatic heterocycles. The molecule has 1 fully saturated rings. The van der Waals surface area contributed by atoms with Crippen molar-refractivity contribution in [2.45, 2.75) is 39.2 Å². The zero-order valence-electron chi connectivity index (χ0n) is 17.9. The molecule has 0 radical (unpaired) electrons. The number of carbonyl (C=O) groups excluding carboxylic acids is 1. The van der Waals surface area contributed by atoms with Gasteiger partial charge in [-0.25, -0.2) is 9.37 Å². The molecule has 4 rings (SSSR count). The number of benzene rings is 1. The van der Waals surface area contributed by atoms with Crippen LogP contribution in [-0.2, 0) is 22.6 Å². The quantitative estimate of drug-likeness (QED) is 0.621. The Bertz CT molecular complexity index is 1060. The van der Waals surface area contributed by atoms with Crippen molar-refractivity contribution in [2.24, 2.45) is 0 Å². The highest BCUT2D eigenvalue weighted by Crippen LogP contribution is 2.33. The molecule has 1 aliphatic rings. The second kappa shape index (κ2) is 9.30. The zero-order valence-corrected chi connectivity index (χ0v) is 18.7. The van der Waals surface area contributed by atoms with Crippen molar-refractivity contribution in [3.63, 3.8) is 0 Å². The van der Waals surface area contributed by atoms with Crippen LogP contribution in [0.25, 0.3) is 10.1 Å². The average molecular weight is 444 g/mol. The standard InChI is InChI=1S/C23H26FN3O3S/c1-14-11-27(12-15(2)30-14)20-8-7-16(9-25-20)10-26-23(28)22-17(13-29-3)21-18(24)5-4-6-19(21)31-22/h4-9,14-15H,10-13H2,1-3H3,(H,26,28). The monoisotopic (exact) mass is 443 g/mol. The molecule has 3 aromatic rings. The van der Waals surface area contributed by atoms with Crippen molar-refractivity contribution in [2.75, 3.05) is 25.1 Å². The number of aromatic nitrogens is 1. The Hall–Kier alpha value is -2.55. The van der Waals surface area contributed by atoms with Crippen LogP contribution in [0.15, 0.2) is 36.5 Å². The van der Waals surface area contributed by atoms with Gasteiger partial charge in [0, 0.05) is 48.6 Å². The first-order valence-corrected chi connectivity index (χ1v) is 11.1. The minimum absolute atomic E-state index is 0.164. The summed E-state index contributed by atoms with van der Waals surface area (Å²) in [5.74, 6) is 0.318. The Kier molecular flexibility index (Phi) is 6.50. The van der Waals surface area contributed by atoms with E-state index in [1.54, 1.807) is 12.3 Å². The summed E-state index contributed by atoms with van der Waals surface area (Å²) < 4.78 is 26.1. The number of ether oxygens (including phenoxy) is 2. The Labute approximate surface area is 185 Å². The van der Waals surface area contributed by atoms with Gasteiger partial charge in [0.2, 0.25) is 0 Å². The number of thiophene rings is 1. The number of hydrogen-bond donors (Lipinski definition) is 1. The minimum atomic E-state index is -0.341. The highest BCUT2D eigenvalue weighted by atomic mass is 32.1. The van der Waals surface area contributed by atoms with Crippen molar-refractivity contribution >= 4 is 33.1 Å². The predicted molar refractivity (Wildman–Crippen MR) is 120 cm³/mol. The second-order valence-electron chi connectivity index (χ2n) is 7.83. The molecule has 3 heterocycles. The molecule has 1 amide bonds. The number of rotatable bonds is 6. The topological polar surface area (TPSA) is 63.7 Å². The SMILES string of the molecule is COCc1c(C(=O)NCc2ccc(N3CC(C)OC(C)C3)nc2)sc2cccc(F)c12. The lowest BCUT2D eigenvalue weighted by Crippen LogP contribution is -2.45. The molecule has 0 spiro atoms. The zero-order chi connectivity index (χ0) is 22.0. The van der Waals surface area contributed by atoms with Crippen LogP contribution in [0, 0.1) is 5.82 Å². The number of methoxy groups -OCH3 is 1. The van der Waals surface area contributed by atoms with Gasteiger partial charge in [0.25, 0.3) is 5.91 Å². The van der Waals surface area contributed by atoms with E-state index in [1.165, 1.54) is 24.5 Å². The summed E-state index contributed by atoms with van der Waals surface area (Å²) in [5, 5.41) is 3.39. The molecule has 1 saturated heterocycles. The molecular formula is C23H26FN3O3S. The van der Waals surface area contributed by atoms with Gasteiger partial charge in [-0.1, -0.05) is 12.1 Å². The van der Waals surface area contributed by atoms with Gasteiger partial charge >= 0.3 is 0 Å². The van der Waals surface area contributed by atoms with Gasteiger partial charge in [-0.2, -0.15) is 0 Å². The first-order chi connectivity index (χ1) is 15.0. The van der Waals surface area contributed by atoms with Crippen LogP contribution in [-0.4, -0.2) is 43.3 Å². The number of nitrogens with zero attached hydrogens (tertiary/aromatic N) is 2. The molecule has 0 aliphatic carbocycles. The van der Waals surface area contributed by atoms with E-state index >= 15 is 0 Å². The van der Waals surface area contributed by atoms with E-state index < -0.39 is 0 Å². The molecule has 1 aromatic carbocycles. The van der Waals surface area contributed by atoms with Crippen LogP contribution >= 0.6 is 11.3 Å². The molecule has 2 atom stereocenters. The summed E-state index contributed by atoms with van der Waals surface area (Å²) in [6, 6.07) is 8.80. The number of fused-ring (bicyclic) bond motifs is 1. The van der Waals surface area contributed by atoms with Gasteiger partial charge in [0.15, 0.2) is 0 Å². The van der Waals surface area contributed by atoms with E-state index in [4.69, 9.17) is 9.47 Å². The third-order valence-electron chi connectivity index (χ3n) is 5.26. The number of halogens is 1. The Morgan fingerprint density at radius 3 is 2.74 bits per heavy atom. The fourth-order valence-electron chi connectivity index (χ4n) is 3.97. The smallest absolute Gasteiger partial charge is 0.262 e. The summed E-state index contributed by atoms with van der Waals surface area (Å²) in [6.45, 7) is 6.24. The fourth-order valence-corrected chi connectivity index (χ4v) is 5.11. The number of nitrogens with one attached hydrogen (secondary N) is 1. The summed E-state index contributed by atoms with van der Waals surface area (Å²) in [6.07, 6.45) is 2.11. The van der Waals surface area contributed by atoms with E-state index in [-0.39, 0.29) is 30.5 Å². The number of pyridine rings is 1. The van der Waals surface area contributed by atoms with Crippen LogP contribution in [0.3, 0.4) is 0 Å². The van der Waals surface area contributed by atoms with Crippen LogP contribution in [0.4, 0.5) is 10.2 Å². The molecule has 2 unspecified atom stereocenters. The Morgan fingerprint density at radius 2 is 2.06 bits per heavy atom. The van der Waals surface area contributed by atoms with Gasteiger partial charge in [-0.05, 0) is 37.6 Å². The fraction of sp³-hybridized carbons (Fsp3) is 0.391. The number of hydrogen-bond acceptors (Lipinski definition) is 6. The van der Waals surface area contributed by atoms with Gasteiger partial charge in [-0.3, -0.25) is 4.79 Å². The molecule has 31 heavy (non-hydrogen) atoms. The van der Waals surface area contributed by atoms with E-state index in [0.717, 1.165) is 29.2 Å². The minimum Gasteiger partial charge on any atom is -0.380 e. The van der Waals surface area contributed by atoms with Gasteiger partial charge < -0.3 is 19.7 Å². The van der Waals surface area contributed by atoms with Crippen molar-refractivity contribution in [1.82, 2.24) is 10.3 Å². The molecule has 164 valence electrons. The van der Waals surface area contributed by atoms with Gasteiger partial charge in [0.1, 0.15) is 11.6 Å². The Morgan fingerprint density at radius 1 is 1.29 bits per heavy atom. The molecule has 1 N–H and O–H groups in total. The van der Waals surface area contributed by atoms with Crippen LogP contribution in [0.2, 0.25) is 0 Å². The first kappa shape index (κ1) is 21.7. The number of anilines is 1. The number of amides is 1. The van der Waals surface area contributed by atoms with Crippen LogP contribution in [0.5, 0.6) is 0 Å². The Balaban J connectivity index is 1.45. The van der Waals surface area contributed by atoms with Crippen molar-refractivity contribution in [3.05, 3.63) is 58.3 Å². The van der Waals surface area contributed by atoms with Gasteiger partial charge in [0.05, 0.1) is 23.7 Å². The average Bonchev–Trinajstić information content (AvgIpc) is 3.12. The molecular weight excluding hydrogens is 417 g/mol. The van der Waals surface area contributed by atoms with E-state index in [0.29, 0.717) is 22.4 Å². The number of morpholine rings is 1. The third-order valence-corrected chi connectivity index (χ3v) is 6.46. The maximum Gasteiger partial charge on any atom is 0.262 e. The lowest BCUT2D eigenvalue weighted by atomic mass is 10.1. The summed E-state index contributed by atoms with van der Waals surface area (Å²) in [5.41, 5.74) is 1.48. The van der Waals surface area contributed by atoms with Crippen molar-refractivity contribution < 1.29 is 18.7 Å². The maximum absolute atomic E-state index is 14.3. The van der Waals surface area contributed by atoms with E-state index in [9.17, 15) is 9.18 Å². The van der Waals surface area contributed by atoms with Crippen LogP contribution < -0.4 is 10.2 Å². The van der Waals surface area contributed by atoms with Crippen molar-refractivity contribution in [1.29, 1.82) is 0 Å². The number of carbonyl (C=O) groups is 1. The summed E-state index contributed by atoms with van der Waals surface area (Å²) >= 11 is 1.28. The van der Waals surface area contributed by atoms with E-state index in [1.807, 2.05) is 18.2 Å². The lowest BCUT2D eigenvalue weighted by molar-refractivity contribution is -0.00546.